The molecular weight excluding hydrogens is 571 g/mol. The zero-order valence-electron chi connectivity index (χ0n) is 23.9. The fraction of sp³-hybridized carbons (Fsp3) is 0.615. The molecule has 4 heterocycles. The van der Waals surface area contributed by atoms with E-state index in [4.69, 9.17) is 4.42 Å². The summed E-state index contributed by atoms with van der Waals surface area (Å²) < 4.78 is 41.5. The van der Waals surface area contributed by atoms with Gasteiger partial charge in [0.2, 0.25) is 0 Å². The normalized spacial score (nSPS) is 15.7. The summed E-state index contributed by atoms with van der Waals surface area (Å²) in [6.45, 7) is 11.7. The molecule has 3 N–H and O–H groups in total. The van der Waals surface area contributed by atoms with E-state index in [0.717, 1.165) is 54.8 Å². The van der Waals surface area contributed by atoms with Gasteiger partial charge in [-0.1, -0.05) is 6.42 Å². The summed E-state index contributed by atoms with van der Waals surface area (Å²) in [6.07, 6.45) is 6.37. The summed E-state index contributed by atoms with van der Waals surface area (Å²) >= 11 is 1.97. The van der Waals surface area contributed by atoms with E-state index in [0.29, 0.717) is 18.2 Å². The molecule has 0 saturated carbocycles. The number of nitrogens with one attached hydrogen (secondary N) is 2. The number of likely N-dealkylation sites (N-methyl/N-ethyl adjacent to an activating group) is 1. The van der Waals surface area contributed by atoms with Crippen molar-refractivity contribution in [2.45, 2.75) is 62.7 Å². The van der Waals surface area contributed by atoms with E-state index in [1.165, 1.54) is 49.4 Å². The minimum Gasteiger partial charge on any atom is -0.504 e. The first-order valence-electron chi connectivity index (χ1n) is 13.6. The summed E-state index contributed by atoms with van der Waals surface area (Å²) in [5.41, 5.74) is 0.813. The molecule has 3 aromatic rings. The SMILES string of the molecule is CN1CCN(CCCCCc2coc(CNc3nsnc3Nc3csc(S(=O)(=O)N(C)C(C)(C)C)c3O)c2)CC1. The third-order valence-electron chi connectivity index (χ3n) is 7.19. The van der Waals surface area contributed by atoms with Crippen molar-refractivity contribution in [2.24, 2.45) is 0 Å². The van der Waals surface area contributed by atoms with Crippen molar-refractivity contribution < 1.29 is 17.9 Å². The summed E-state index contributed by atoms with van der Waals surface area (Å²) in [6, 6.07) is 2.06. The molecule has 0 atom stereocenters. The Morgan fingerprint density at radius 2 is 1.85 bits per heavy atom. The topological polar surface area (TPSA) is 127 Å². The number of nitrogens with zero attached hydrogens (tertiary/aromatic N) is 5. The number of sulfonamides is 1. The van der Waals surface area contributed by atoms with Crippen molar-refractivity contribution in [3.63, 3.8) is 0 Å². The maximum absolute atomic E-state index is 13.0. The summed E-state index contributed by atoms with van der Waals surface area (Å²) in [5, 5.41) is 18.5. The number of furan rings is 1. The molecule has 1 fully saturated rings. The molecule has 11 nitrogen and oxygen atoms in total. The largest absolute Gasteiger partial charge is 0.504 e. The summed E-state index contributed by atoms with van der Waals surface area (Å²) in [5.74, 6) is 1.36. The Morgan fingerprint density at radius 3 is 2.58 bits per heavy atom. The number of aryl methyl sites for hydroxylation is 1. The van der Waals surface area contributed by atoms with Crippen LogP contribution in [0.25, 0.3) is 0 Å². The molecule has 0 unspecified atom stereocenters. The lowest BCUT2D eigenvalue weighted by Crippen LogP contribution is -2.44. The molecule has 0 aliphatic carbocycles. The predicted octanol–water partition coefficient (Wildman–Crippen LogP) is 4.63. The lowest BCUT2D eigenvalue weighted by atomic mass is 10.1. The number of hydrogen-bond donors (Lipinski definition) is 3. The Hall–Kier alpha value is -2.23. The van der Waals surface area contributed by atoms with Gasteiger partial charge in [-0.25, -0.2) is 8.42 Å². The molecule has 1 aliphatic rings. The molecule has 0 bridgehead atoms. The standard InChI is InChI=1S/C26H41N7O4S3/c1-26(2,3)32(5)40(35,36)25-22(34)21(18-38-25)28-24-23(29-39-30-24)27-16-20-15-19(17-37-20)9-7-6-8-10-33-13-11-31(4)12-14-33/h15,17-18,34H,6-14,16H2,1-5H3,(H,27,29)(H,28,30). The molecule has 1 aliphatic heterocycles. The predicted molar refractivity (Wildman–Crippen MR) is 161 cm³/mol. The lowest BCUT2D eigenvalue weighted by molar-refractivity contribution is 0.152. The van der Waals surface area contributed by atoms with Crippen molar-refractivity contribution in [1.82, 2.24) is 22.9 Å². The van der Waals surface area contributed by atoms with Crippen LogP contribution < -0.4 is 10.6 Å². The minimum atomic E-state index is -3.86. The van der Waals surface area contributed by atoms with Gasteiger partial charge in [0.25, 0.3) is 10.0 Å². The lowest BCUT2D eigenvalue weighted by Gasteiger charge is -2.32. The number of rotatable bonds is 13. The van der Waals surface area contributed by atoms with Crippen LogP contribution in [0, 0.1) is 0 Å². The first-order valence-corrected chi connectivity index (χ1v) is 16.6. The molecule has 4 rings (SSSR count). The highest BCUT2D eigenvalue weighted by atomic mass is 32.2. The molecule has 222 valence electrons. The average molecular weight is 612 g/mol. The van der Waals surface area contributed by atoms with E-state index in [2.05, 4.69) is 42.3 Å². The van der Waals surface area contributed by atoms with Gasteiger partial charge in [-0.05, 0) is 65.3 Å². The van der Waals surface area contributed by atoms with Gasteiger partial charge >= 0.3 is 0 Å². The Balaban J connectivity index is 1.25. The van der Waals surface area contributed by atoms with E-state index in [1.807, 2.05) is 6.26 Å². The fourth-order valence-corrected chi connectivity index (χ4v) is 7.73. The van der Waals surface area contributed by atoms with Crippen molar-refractivity contribution in [3.05, 3.63) is 29.0 Å². The second kappa shape index (κ2) is 13.2. The number of aromatic hydroxyl groups is 1. The molecular formula is C26H41N7O4S3. The van der Waals surface area contributed by atoms with Crippen molar-refractivity contribution in [1.29, 1.82) is 0 Å². The first-order chi connectivity index (χ1) is 18.9. The van der Waals surface area contributed by atoms with Crippen LogP contribution in [-0.2, 0) is 23.0 Å². The van der Waals surface area contributed by atoms with E-state index >= 15 is 0 Å². The monoisotopic (exact) mass is 611 g/mol. The fourth-order valence-electron chi connectivity index (χ4n) is 4.34. The number of unbranched alkanes of at least 4 members (excludes halogenated alkanes) is 2. The van der Waals surface area contributed by atoms with Crippen LogP contribution in [0.1, 0.15) is 51.4 Å². The Morgan fingerprint density at radius 1 is 1.12 bits per heavy atom. The van der Waals surface area contributed by atoms with Crippen LogP contribution in [-0.4, -0.2) is 88.7 Å². The number of piperazine rings is 1. The Kier molecular flexibility index (Phi) is 10.1. The van der Waals surface area contributed by atoms with Gasteiger partial charge in [0.15, 0.2) is 21.6 Å². The van der Waals surface area contributed by atoms with Crippen LogP contribution in [0.5, 0.6) is 5.75 Å². The van der Waals surface area contributed by atoms with Gasteiger partial charge in [0.1, 0.15) is 5.76 Å². The number of hydrogen-bond acceptors (Lipinski definition) is 12. The third kappa shape index (κ3) is 7.74. The van der Waals surface area contributed by atoms with Crippen LogP contribution >= 0.6 is 23.1 Å². The Labute approximate surface area is 245 Å². The van der Waals surface area contributed by atoms with Crippen LogP contribution in [0.4, 0.5) is 17.3 Å². The van der Waals surface area contributed by atoms with E-state index in [1.54, 1.807) is 26.2 Å². The zero-order chi connectivity index (χ0) is 28.9. The van der Waals surface area contributed by atoms with Crippen LogP contribution in [0.2, 0.25) is 0 Å². The van der Waals surface area contributed by atoms with Crippen LogP contribution in [0.15, 0.2) is 26.3 Å². The van der Waals surface area contributed by atoms with E-state index < -0.39 is 15.6 Å². The van der Waals surface area contributed by atoms with Gasteiger partial charge in [-0.3, -0.25) is 0 Å². The van der Waals surface area contributed by atoms with E-state index in [-0.39, 0.29) is 15.6 Å². The number of anilines is 3. The summed E-state index contributed by atoms with van der Waals surface area (Å²) in [7, 11) is -0.170. The maximum atomic E-state index is 13.0. The molecule has 1 saturated heterocycles. The highest BCUT2D eigenvalue weighted by Crippen LogP contribution is 2.42. The second-order valence-electron chi connectivity index (χ2n) is 11.2. The molecule has 0 spiro atoms. The van der Waals surface area contributed by atoms with Crippen LogP contribution in [0.3, 0.4) is 0 Å². The smallest absolute Gasteiger partial charge is 0.256 e. The minimum absolute atomic E-state index is 0.118. The second-order valence-corrected chi connectivity index (χ2v) is 14.8. The van der Waals surface area contributed by atoms with Crippen molar-refractivity contribution in [3.8, 4) is 5.75 Å². The van der Waals surface area contributed by atoms with Gasteiger partial charge in [0, 0.05) is 44.1 Å². The van der Waals surface area contributed by atoms with E-state index in [9.17, 15) is 13.5 Å². The van der Waals surface area contributed by atoms with Gasteiger partial charge < -0.3 is 30.0 Å². The Bertz CT molecular complexity index is 1340. The quantitative estimate of drug-likeness (QED) is 0.235. The maximum Gasteiger partial charge on any atom is 0.256 e. The van der Waals surface area contributed by atoms with Gasteiger partial charge in [0.05, 0.1) is 30.2 Å². The van der Waals surface area contributed by atoms with Crippen molar-refractivity contribution >= 4 is 50.4 Å². The first kappa shape index (κ1) is 30.7. The molecule has 0 amide bonds. The number of thiophene rings is 1. The molecule has 0 aromatic carbocycles. The third-order valence-corrected chi connectivity index (χ3v) is 11.3. The molecule has 40 heavy (non-hydrogen) atoms. The highest BCUT2D eigenvalue weighted by Gasteiger charge is 2.34. The van der Waals surface area contributed by atoms with Gasteiger partial charge in [-0.15, -0.1) is 11.3 Å². The molecule has 3 aromatic heterocycles. The molecule has 14 heteroatoms. The number of aromatic nitrogens is 2. The average Bonchev–Trinajstić information content (AvgIpc) is 3.64. The highest BCUT2D eigenvalue weighted by molar-refractivity contribution is 7.91. The summed E-state index contributed by atoms with van der Waals surface area (Å²) in [4.78, 5) is 4.95. The molecule has 0 radical (unpaired) electrons. The van der Waals surface area contributed by atoms with Gasteiger partial charge in [-0.2, -0.15) is 13.1 Å². The zero-order valence-corrected chi connectivity index (χ0v) is 26.4. The van der Waals surface area contributed by atoms with Crippen molar-refractivity contribution in [2.75, 3.05) is 57.5 Å².